The van der Waals surface area contributed by atoms with Crippen molar-refractivity contribution in [2.45, 2.75) is 43.5 Å². The van der Waals surface area contributed by atoms with Crippen molar-refractivity contribution in [3.05, 3.63) is 40.2 Å². The normalized spacial score (nSPS) is 27.3. The van der Waals surface area contributed by atoms with Crippen molar-refractivity contribution in [2.75, 3.05) is 5.75 Å². The molecule has 3 N–H and O–H groups in total. The number of hydrogen-bond acceptors (Lipinski definition) is 7. The maximum atomic E-state index is 11.7. The fourth-order valence-corrected chi connectivity index (χ4v) is 3.90. The van der Waals surface area contributed by atoms with E-state index in [0.717, 1.165) is 23.8 Å². The van der Waals surface area contributed by atoms with Crippen molar-refractivity contribution < 1.29 is 24.5 Å². The summed E-state index contributed by atoms with van der Waals surface area (Å²) in [6.45, 7) is 2.04. The Balaban J connectivity index is 1.87. The Kier molecular flexibility index (Phi) is 5.15. The van der Waals surface area contributed by atoms with Gasteiger partial charge in [0.1, 0.15) is 23.5 Å². The van der Waals surface area contributed by atoms with E-state index in [1.54, 1.807) is 12.1 Å². The van der Waals surface area contributed by atoms with E-state index in [0.29, 0.717) is 11.3 Å². The van der Waals surface area contributed by atoms with Gasteiger partial charge >= 0.3 is 5.63 Å². The first kappa shape index (κ1) is 17.3. The molecule has 0 aliphatic carbocycles. The van der Waals surface area contributed by atoms with Gasteiger partial charge in [-0.3, -0.25) is 0 Å². The molecule has 2 heterocycles. The fourth-order valence-electron chi connectivity index (χ4n) is 2.78. The summed E-state index contributed by atoms with van der Waals surface area (Å²) in [6, 6.07) is 6.68. The zero-order valence-electron chi connectivity index (χ0n) is 13.2. The minimum atomic E-state index is -1.24. The van der Waals surface area contributed by atoms with Crippen molar-refractivity contribution in [1.29, 1.82) is 0 Å². The SMILES string of the molecule is CCCc1cc(=O)oc2cc(O[C@@H]3SC[C@@H](O)[C@H](O)[C@H]3O)ccc12. The quantitative estimate of drug-likeness (QED) is 0.713. The van der Waals surface area contributed by atoms with Crippen molar-refractivity contribution in [3.63, 3.8) is 0 Å². The van der Waals surface area contributed by atoms with Crippen LogP contribution < -0.4 is 10.4 Å². The van der Waals surface area contributed by atoms with E-state index >= 15 is 0 Å². The molecular formula is C17H20O6S. The number of aryl methyl sites for hydroxylation is 1. The maximum Gasteiger partial charge on any atom is 0.336 e. The Morgan fingerprint density at radius 3 is 2.79 bits per heavy atom. The van der Waals surface area contributed by atoms with Gasteiger partial charge in [0, 0.05) is 23.3 Å². The number of benzene rings is 1. The van der Waals surface area contributed by atoms with Crippen LogP contribution >= 0.6 is 11.8 Å². The number of aliphatic hydroxyl groups excluding tert-OH is 3. The van der Waals surface area contributed by atoms with Crippen LogP contribution in [0.1, 0.15) is 18.9 Å². The van der Waals surface area contributed by atoms with Crippen molar-refractivity contribution >= 4 is 22.7 Å². The van der Waals surface area contributed by atoms with Crippen molar-refractivity contribution in [2.24, 2.45) is 0 Å². The lowest BCUT2D eigenvalue weighted by Crippen LogP contribution is -2.50. The second-order valence-electron chi connectivity index (χ2n) is 5.87. The molecule has 0 spiro atoms. The average molecular weight is 352 g/mol. The lowest BCUT2D eigenvalue weighted by Gasteiger charge is -2.34. The molecule has 0 bridgehead atoms. The van der Waals surface area contributed by atoms with Crippen LogP contribution in [0.15, 0.2) is 33.5 Å². The molecule has 130 valence electrons. The molecule has 0 radical (unpaired) electrons. The largest absolute Gasteiger partial charge is 0.477 e. The lowest BCUT2D eigenvalue weighted by molar-refractivity contribution is -0.0786. The topological polar surface area (TPSA) is 100 Å². The molecule has 6 nitrogen and oxygen atoms in total. The van der Waals surface area contributed by atoms with E-state index < -0.39 is 29.4 Å². The second kappa shape index (κ2) is 7.14. The molecule has 0 amide bonds. The van der Waals surface area contributed by atoms with E-state index in [-0.39, 0.29) is 5.75 Å². The first-order valence-electron chi connectivity index (χ1n) is 7.89. The van der Waals surface area contributed by atoms with Crippen LogP contribution in [-0.2, 0) is 6.42 Å². The predicted octanol–water partition coefficient (Wildman–Crippen LogP) is 1.28. The first-order chi connectivity index (χ1) is 11.5. The summed E-state index contributed by atoms with van der Waals surface area (Å²) in [6.07, 6.45) is -1.72. The summed E-state index contributed by atoms with van der Waals surface area (Å²) in [5.74, 6) is 0.700. The van der Waals surface area contributed by atoms with Crippen LogP contribution in [0.3, 0.4) is 0 Å². The highest BCUT2D eigenvalue weighted by Crippen LogP contribution is 2.31. The molecule has 1 aromatic carbocycles. The van der Waals surface area contributed by atoms with Crippen LogP contribution in [0.2, 0.25) is 0 Å². The molecule has 7 heteroatoms. The van der Waals surface area contributed by atoms with Crippen molar-refractivity contribution in [1.82, 2.24) is 0 Å². The molecule has 2 aromatic rings. The highest BCUT2D eigenvalue weighted by molar-refractivity contribution is 7.99. The molecule has 0 unspecified atom stereocenters. The van der Waals surface area contributed by atoms with Gasteiger partial charge in [0.15, 0.2) is 5.44 Å². The highest BCUT2D eigenvalue weighted by atomic mass is 32.2. The van der Waals surface area contributed by atoms with Gasteiger partial charge in [-0.05, 0) is 24.1 Å². The average Bonchev–Trinajstić information content (AvgIpc) is 2.55. The van der Waals surface area contributed by atoms with E-state index in [4.69, 9.17) is 9.15 Å². The fraction of sp³-hybridized carbons (Fsp3) is 0.471. The zero-order valence-corrected chi connectivity index (χ0v) is 14.0. The molecular weight excluding hydrogens is 332 g/mol. The summed E-state index contributed by atoms with van der Waals surface area (Å²) in [5.41, 5.74) is 0.250. The Morgan fingerprint density at radius 1 is 1.25 bits per heavy atom. The standard InChI is InChI=1S/C17H20O6S/c1-2-3-9-6-14(19)23-13-7-10(4-5-11(9)13)22-17-16(21)15(20)12(18)8-24-17/h4-7,12,15-18,20-21H,2-3,8H2,1H3/t12-,15+,16-,17-/m1/s1. The van der Waals surface area contributed by atoms with E-state index in [9.17, 15) is 20.1 Å². The van der Waals surface area contributed by atoms with Crippen LogP contribution in [0.25, 0.3) is 11.0 Å². The monoisotopic (exact) mass is 352 g/mol. The summed E-state index contributed by atoms with van der Waals surface area (Å²) < 4.78 is 11.0. The van der Waals surface area contributed by atoms with Gasteiger partial charge in [-0.25, -0.2) is 4.79 Å². The van der Waals surface area contributed by atoms with Crippen molar-refractivity contribution in [3.8, 4) is 5.75 Å². The van der Waals surface area contributed by atoms with E-state index in [1.807, 2.05) is 13.0 Å². The van der Waals surface area contributed by atoms with Crippen LogP contribution in [-0.4, -0.2) is 44.8 Å². The smallest absolute Gasteiger partial charge is 0.336 e. The zero-order chi connectivity index (χ0) is 17.3. The summed E-state index contributed by atoms with van der Waals surface area (Å²) in [5, 5.41) is 30.2. The Morgan fingerprint density at radius 2 is 2.04 bits per heavy atom. The second-order valence-corrected chi connectivity index (χ2v) is 7.00. The lowest BCUT2D eigenvalue weighted by atomic mass is 10.1. The van der Waals surface area contributed by atoms with Gasteiger partial charge in [-0.2, -0.15) is 0 Å². The van der Waals surface area contributed by atoms with Crippen LogP contribution in [0.5, 0.6) is 5.75 Å². The summed E-state index contributed by atoms with van der Waals surface area (Å²) in [7, 11) is 0. The Hall–Kier alpha value is -1.54. The highest BCUT2D eigenvalue weighted by Gasteiger charge is 2.38. The molecule has 1 fully saturated rings. The van der Waals surface area contributed by atoms with Crippen LogP contribution in [0, 0.1) is 0 Å². The van der Waals surface area contributed by atoms with Gasteiger partial charge in [0.05, 0.1) is 6.10 Å². The number of aliphatic hydroxyl groups is 3. The number of rotatable bonds is 4. The molecule has 1 aromatic heterocycles. The molecule has 24 heavy (non-hydrogen) atoms. The number of hydrogen-bond donors (Lipinski definition) is 3. The number of ether oxygens (including phenoxy) is 1. The third kappa shape index (κ3) is 3.44. The Labute approximate surface area is 143 Å². The minimum absolute atomic E-state index is 0.270. The predicted molar refractivity (Wildman–Crippen MR) is 91.4 cm³/mol. The van der Waals surface area contributed by atoms with Gasteiger partial charge in [-0.1, -0.05) is 13.3 Å². The van der Waals surface area contributed by atoms with Gasteiger partial charge in [0.25, 0.3) is 0 Å². The summed E-state index contributed by atoms with van der Waals surface area (Å²) in [4.78, 5) is 11.7. The van der Waals surface area contributed by atoms with Crippen LogP contribution in [0.4, 0.5) is 0 Å². The molecule has 4 atom stereocenters. The molecule has 3 rings (SSSR count). The number of thioether (sulfide) groups is 1. The van der Waals surface area contributed by atoms with E-state index in [2.05, 4.69) is 0 Å². The third-order valence-corrected chi connectivity index (χ3v) is 5.27. The minimum Gasteiger partial charge on any atom is -0.477 e. The van der Waals surface area contributed by atoms with Gasteiger partial charge in [0.2, 0.25) is 0 Å². The Bertz CT molecular complexity index is 773. The maximum absolute atomic E-state index is 11.7. The van der Waals surface area contributed by atoms with Gasteiger partial charge in [-0.15, -0.1) is 11.8 Å². The molecule has 1 saturated heterocycles. The molecule has 0 saturated carbocycles. The number of fused-ring (bicyclic) bond motifs is 1. The first-order valence-corrected chi connectivity index (χ1v) is 8.93. The van der Waals surface area contributed by atoms with Gasteiger partial charge < -0.3 is 24.5 Å². The third-order valence-electron chi connectivity index (χ3n) is 4.03. The van der Waals surface area contributed by atoms with E-state index in [1.165, 1.54) is 17.8 Å². The molecule has 1 aliphatic rings. The summed E-state index contributed by atoms with van der Waals surface area (Å²) >= 11 is 1.22. The molecule has 1 aliphatic heterocycles.